The second kappa shape index (κ2) is 22.5. The van der Waals surface area contributed by atoms with Crippen LogP contribution < -0.4 is 0 Å². The van der Waals surface area contributed by atoms with Gasteiger partial charge in [-0.1, -0.05) is 72.3 Å². The van der Waals surface area contributed by atoms with Gasteiger partial charge in [0.2, 0.25) is 0 Å². The van der Waals surface area contributed by atoms with E-state index in [2.05, 4.69) is 40.7 Å². The number of carboxylic acid groups (broad SMARTS) is 1. The monoisotopic (exact) mass is 1120 g/mol. The van der Waals surface area contributed by atoms with Crippen LogP contribution in [0.25, 0.3) is 0 Å². The van der Waals surface area contributed by atoms with Crippen LogP contribution in [0.2, 0.25) is 0 Å². The van der Waals surface area contributed by atoms with Gasteiger partial charge in [-0.15, -0.1) is 0 Å². The summed E-state index contributed by atoms with van der Waals surface area (Å²) in [6.45, 7) is 19.4. The standard InChI is InChI=1S/C57H88O22/c1-12-25(3)47(70)78-44-45(79-48(71)26(4)13-2)57(24-60)28(20-52(44,5)6)27-14-15-32-54(9)18-17-34(53(7,8)31(54)16-19-55(32,10)56(27,11)21-33(57)61)74-51-43(77-50-39(66)37(64)35(62)29(22-58)72-50)41(40(67)42(76-51)46(68)69)75-49-38(65)36(63)30(23-59)73-49/h12-14,28-45,49-51,58-67H,15-24H2,1-11H3,(H,68,69)/b25-12-,26-13-/t28?,29?,30-,31?,32?,33+,34-,35+,36+,37+,38?,39?,40-,41+,42?,43?,44-,45-,49-,50-,51+,54-,55+,56+,57-/m0/s1. The lowest BCUT2D eigenvalue weighted by Gasteiger charge is -2.72. The highest BCUT2D eigenvalue weighted by Crippen LogP contribution is 2.76. The zero-order valence-electron chi connectivity index (χ0n) is 47.3. The van der Waals surface area contributed by atoms with Crippen molar-refractivity contribution in [2.45, 2.75) is 232 Å². The van der Waals surface area contributed by atoms with E-state index in [1.165, 1.54) is 0 Å². The highest BCUT2D eigenvalue weighted by molar-refractivity contribution is 5.89. The summed E-state index contributed by atoms with van der Waals surface area (Å²) in [6, 6.07) is 0. The molecule has 22 nitrogen and oxygen atoms in total. The molecule has 0 bridgehead atoms. The molecule has 448 valence electrons. The third kappa shape index (κ3) is 9.99. The fraction of sp³-hybridized carbons (Fsp3) is 0.842. The van der Waals surface area contributed by atoms with Gasteiger partial charge < -0.3 is 94.1 Å². The summed E-state index contributed by atoms with van der Waals surface area (Å²) in [5.41, 5.74) is -2.71. The molecule has 0 spiro atoms. The lowest BCUT2D eigenvalue weighted by atomic mass is 9.33. The summed E-state index contributed by atoms with van der Waals surface area (Å²) in [6.07, 6.45) is -20.2. The lowest BCUT2D eigenvalue weighted by Crippen LogP contribution is -2.72. The fourth-order valence-corrected chi connectivity index (χ4v) is 16.2. The number of aliphatic carboxylic acids is 1. The second-order valence-corrected chi connectivity index (χ2v) is 26.0. The molecule has 0 amide bonds. The normalized spacial score (nSPS) is 48.6. The molecule has 3 saturated heterocycles. The molecule has 0 radical (unpaired) electrons. The minimum absolute atomic E-state index is 0.0232. The van der Waals surface area contributed by atoms with Crippen molar-refractivity contribution in [3.05, 3.63) is 34.9 Å². The molecule has 0 aromatic heterocycles. The molecule has 8 rings (SSSR count). The third-order valence-electron chi connectivity index (χ3n) is 21.3. The van der Waals surface area contributed by atoms with Gasteiger partial charge in [0.25, 0.3) is 0 Å². The molecule has 4 saturated carbocycles. The first-order valence-corrected chi connectivity index (χ1v) is 28.0. The molecular formula is C57H88O22. The minimum Gasteiger partial charge on any atom is -0.479 e. The molecular weight excluding hydrogens is 1040 g/mol. The van der Waals surface area contributed by atoms with Crippen molar-refractivity contribution in [2.24, 2.45) is 50.2 Å². The Morgan fingerprint density at radius 3 is 1.73 bits per heavy atom. The van der Waals surface area contributed by atoms with Gasteiger partial charge in [0.05, 0.1) is 37.4 Å². The Hall–Kier alpha value is -3.01. The summed E-state index contributed by atoms with van der Waals surface area (Å²) in [4.78, 5) is 40.3. The number of allylic oxidation sites excluding steroid dienone is 4. The predicted molar refractivity (Wildman–Crippen MR) is 275 cm³/mol. The number of ether oxygens (including phenoxy) is 8. The van der Waals surface area contributed by atoms with Crippen molar-refractivity contribution >= 4 is 17.9 Å². The number of rotatable bonds is 14. The third-order valence-corrected chi connectivity index (χ3v) is 21.3. The van der Waals surface area contributed by atoms with Crippen molar-refractivity contribution in [2.75, 3.05) is 19.8 Å². The molecule has 8 unspecified atom stereocenters. The van der Waals surface area contributed by atoms with Crippen LogP contribution in [-0.4, -0.2) is 204 Å². The molecule has 0 aromatic rings. The van der Waals surface area contributed by atoms with Gasteiger partial charge in [-0.05, 0) is 112 Å². The largest absolute Gasteiger partial charge is 0.479 e. The number of esters is 2. The predicted octanol–water partition coefficient (Wildman–Crippen LogP) is 1.29. The van der Waals surface area contributed by atoms with E-state index in [0.717, 1.165) is 5.57 Å². The van der Waals surface area contributed by atoms with E-state index >= 15 is 0 Å². The summed E-state index contributed by atoms with van der Waals surface area (Å²) in [7, 11) is 0. The summed E-state index contributed by atoms with van der Waals surface area (Å²) >= 11 is 0. The first-order chi connectivity index (χ1) is 36.9. The van der Waals surface area contributed by atoms with Gasteiger partial charge in [0, 0.05) is 16.6 Å². The van der Waals surface area contributed by atoms with Crippen molar-refractivity contribution in [1.29, 1.82) is 0 Å². The summed E-state index contributed by atoms with van der Waals surface area (Å²) in [5.74, 6) is -3.40. The van der Waals surface area contributed by atoms with Crippen LogP contribution >= 0.6 is 0 Å². The van der Waals surface area contributed by atoms with Crippen LogP contribution in [0.1, 0.15) is 121 Å². The van der Waals surface area contributed by atoms with Crippen LogP contribution in [-0.2, 0) is 52.3 Å². The Bertz CT molecular complexity index is 2350. The van der Waals surface area contributed by atoms with Gasteiger partial charge in [-0.2, -0.15) is 0 Å². The topological polar surface area (TPSA) is 348 Å². The molecule has 79 heavy (non-hydrogen) atoms. The molecule has 22 heteroatoms. The number of carbonyl (C=O) groups is 3. The maximum absolute atomic E-state index is 13.8. The van der Waals surface area contributed by atoms with E-state index in [-0.39, 0.29) is 23.7 Å². The van der Waals surface area contributed by atoms with Crippen LogP contribution in [0.15, 0.2) is 34.9 Å². The zero-order valence-corrected chi connectivity index (χ0v) is 47.3. The van der Waals surface area contributed by atoms with E-state index in [9.17, 15) is 70.6 Å². The highest BCUT2D eigenvalue weighted by atomic mass is 16.8. The number of hydrogen-bond donors (Lipinski definition) is 11. The van der Waals surface area contributed by atoms with Crippen molar-refractivity contribution in [3.63, 3.8) is 0 Å². The second-order valence-electron chi connectivity index (χ2n) is 26.0. The van der Waals surface area contributed by atoms with Crippen LogP contribution in [0.3, 0.4) is 0 Å². The van der Waals surface area contributed by atoms with Crippen molar-refractivity contribution in [3.8, 4) is 0 Å². The number of hydrogen-bond acceptors (Lipinski definition) is 21. The first-order valence-electron chi connectivity index (χ1n) is 28.0. The van der Waals surface area contributed by atoms with Crippen molar-refractivity contribution < 1.29 is 108 Å². The van der Waals surface area contributed by atoms with Crippen LogP contribution in [0.5, 0.6) is 0 Å². The molecule has 11 N–H and O–H groups in total. The number of fused-ring (bicyclic) bond motifs is 7. The number of aliphatic hydroxyl groups excluding tert-OH is 10. The zero-order chi connectivity index (χ0) is 58.4. The van der Waals surface area contributed by atoms with E-state index in [1.54, 1.807) is 39.8 Å². The molecule has 25 atom stereocenters. The lowest BCUT2D eigenvalue weighted by molar-refractivity contribution is -0.386. The number of carbonyl (C=O) groups excluding carboxylic acids is 2. The van der Waals surface area contributed by atoms with E-state index < -0.39 is 181 Å². The van der Waals surface area contributed by atoms with E-state index in [1.807, 2.05) is 13.8 Å². The smallest absolute Gasteiger partial charge is 0.335 e. The molecule has 0 aromatic carbocycles. The Balaban J connectivity index is 1.12. The van der Waals surface area contributed by atoms with Gasteiger partial charge in [0.15, 0.2) is 31.1 Å². The molecule has 7 fully saturated rings. The first kappa shape index (κ1) is 62.0. The molecule has 5 aliphatic carbocycles. The Labute approximate surface area is 461 Å². The Morgan fingerprint density at radius 2 is 1.19 bits per heavy atom. The SMILES string of the molecule is C/C=C(/C)C(=O)O[C@H]1[C@H](OC(=O)/C(C)=C\C)[C@@]2(CO)C(CC1(C)C)C1=CCC3[C@@]4(C)CC[C@H](O[C@@H]5OC(C(=O)O)[C@@H](O)[C@@H](O[C@@H]6O[C@@H](CO)[C@@H](O)C6O)C5O[C@@H]5OC(CO)[C@@H](O)[C@@H](O)C5O)C(C)(C)C4CC[C@@]3(C)[C@]1(C)C[C@H]2O. The number of aliphatic hydroxyl groups is 10. The maximum Gasteiger partial charge on any atom is 0.335 e. The van der Waals surface area contributed by atoms with Crippen LogP contribution in [0.4, 0.5) is 0 Å². The summed E-state index contributed by atoms with van der Waals surface area (Å²) < 4.78 is 49.2. The average Bonchev–Trinajstić information content (AvgIpc) is 3.87. The molecule has 3 aliphatic heterocycles. The van der Waals surface area contributed by atoms with Gasteiger partial charge >= 0.3 is 17.9 Å². The quantitative estimate of drug-likeness (QED) is 0.0505. The maximum atomic E-state index is 13.8. The summed E-state index contributed by atoms with van der Waals surface area (Å²) in [5, 5.41) is 121. The van der Waals surface area contributed by atoms with Gasteiger partial charge in [-0.3, -0.25) is 0 Å². The van der Waals surface area contributed by atoms with Gasteiger partial charge in [0.1, 0.15) is 67.1 Å². The van der Waals surface area contributed by atoms with Crippen LogP contribution in [0, 0.1) is 50.2 Å². The average molecular weight is 1130 g/mol. The van der Waals surface area contributed by atoms with Crippen molar-refractivity contribution in [1.82, 2.24) is 0 Å². The fourth-order valence-electron chi connectivity index (χ4n) is 16.2. The van der Waals surface area contributed by atoms with E-state index in [4.69, 9.17) is 37.9 Å². The van der Waals surface area contributed by atoms with Gasteiger partial charge in [-0.25, -0.2) is 14.4 Å². The number of carboxylic acids is 1. The minimum atomic E-state index is -2.10. The molecule has 3 heterocycles. The van der Waals surface area contributed by atoms with E-state index in [0.29, 0.717) is 49.7 Å². The Kier molecular flexibility index (Phi) is 17.7. The highest BCUT2D eigenvalue weighted by Gasteiger charge is 2.74. The molecule has 8 aliphatic rings. The Morgan fingerprint density at radius 1 is 0.646 bits per heavy atom.